The minimum absolute atomic E-state index is 0.663. The zero-order chi connectivity index (χ0) is 14.4. The van der Waals surface area contributed by atoms with Crippen LogP contribution in [0.15, 0.2) is 18.2 Å². The lowest BCUT2D eigenvalue weighted by molar-refractivity contribution is 0.552. The molecule has 1 saturated heterocycles. The third-order valence-electron chi connectivity index (χ3n) is 3.51. The number of benzene rings is 1. The van der Waals surface area contributed by atoms with Gasteiger partial charge in [-0.05, 0) is 36.8 Å². The molecule has 1 heterocycles. The van der Waals surface area contributed by atoms with Crippen LogP contribution in [0.4, 0.5) is 5.69 Å². The first kappa shape index (κ1) is 16.0. The van der Waals surface area contributed by atoms with E-state index in [1.54, 1.807) is 0 Å². The Morgan fingerprint density at radius 3 is 2.95 bits per heavy atom. The van der Waals surface area contributed by atoms with Crippen LogP contribution < -0.4 is 10.2 Å². The van der Waals surface area contributed by atoms with E-state index in [1.165, 1.54) is 29.2 Å². The van der Waals surface area contributed by atoms with E-state index in [0.29, 0.717) is 5.92 Å². The molecule has 0 amide bonds. The molecule has 0 radical (unpaired) electrons. The van der Waals surface area contributed by atoms with Crippen LogP contribution in [-0.4, -0.2) is 31.1 Å². The maximum Gasteiger partial charge on any atom is 0.0471 e. The summed E-state index contributed by atoms with van der Waals surface area (Å²) in [5.41, 5.74) is 2.57. The van der Waals surface area contributed by atoms with Gasteiger partial charge < -0.3 is 10.2 Å². The zero-order valence-electron chi connectivity index (χ0n) is 12.5. The smallest absolute Gasteiger partial charge is 0.0471 e. The van der Waals surface area contributed by atoms with E-state index in [0.717, 1.165) is 31.2 Å². The molecule has 1 aromatic carbocycles. The number of hydrogen-bond donors (Lipinski definition) is 1. The Hall–Kier alpha value is -0.380. The maximum atomic E-state index is 6.43. The Morgan fingerprint density at radius 2 is 2.15 bits per heavy atom. The Labute approximate surface area is 132 Å². The second-order valence-corrected chi connectivity index (χ2v) is 7.35. The summed E-state index contributed by atoms with van der Waals surface area (Å²) in [5, 5.41) is 4.41. The molecule has 0 atom stereocenters. The summed E-state index contributed by atoms with van der Waals surface area (Å²) < 4.78 is 0. The van der Waals surface area contributed by atoms with Crippen LogP contribution in [0, 0.1) is 5.92 Å². The van der Waals surface area contributed by atoms with Gasteiger partial charge in [-0.25, -0.2) is 0 Å². The van der Waals surface area contributed by atoms with Crippen molar-refractivity contribution >= 4 is 29.1 Å². The monoisotopic (exact) mass is 312 g/mol. The van der Waals surface area contributed by atoms with Gasteiger partial charge in [0.25, 0.3) is 0 Å². The molecule has 1 aliphatic rings. The normalized spacial score (nSPS) is 16.5. The predicted octanol–water partition coefficient (Wildman–Crippen LogP) is 4.03. The van der Waals surface area contributed by atoms with E-state index in [1.807, 2.05) is 6.07 Å². The Balaban J connectivity index is 2.12. The molecular weight excluding hydrogens is 288 g/mol. The highest BCUT2D eigenvalue weighted by atomic mass is 35.5. The van der Waals surface area contributed by atoms with Crippen molar-refractivity contribution in [1.82, 2.24) is 5.32 Å². The summed E-state index contributed by atoms with van der Waals surface area (Å²) in [4.78, 5) is 2.50. The summed E-state index contributed by atoms with van der Waals surface area (Å²) >= 11 is 8.49. The first-order chi connectivity index (χ1) is 9.68. The van der Waals surface area contributed by atoms with E-state index in [-0.39, 0.29) is 0 Å². The average Bonchev–Trinajstić information content (AvgIpc) is 2.69. The molecule has 2 nitrogen and oxygen atoms in total. The molecule has 0 aliphatic carbocycles. The highest BCUT2D eigenvalue weighted by Crippen LogP contribution is 2.29. The van der Waals surface area contributed by atoms with Crippen molar-refractivity contribution in [2.75, 3.05) is 36.0 Å². The predicted molar refractivity (Wildman–Crippen MR) is 92.2 cm³/mol. The van der Waals surface area contributed by atoms with Crippen molar-refractivity contribution in [1.29, 1.82) is 0 Å². The molecule has 0 spiro atoms. The number of thioether (sulfide) groups is 1. The van der Waals surface area contributed by atoms with Gasteiger partial charge in [0.2, 0.25) is 0 Å². The van der Waals surface area contributed by atoms with Gasteiger partial charge in [0.15, 0.2) is 0 Å². The Kier molecular flexibility index (Phi) is 6.53. The lowest BCUT2D eigenvalue weighted by atomic mass is 10.1. The van der Waals surface area contributed by atoms with Crippen molar-refractivity contribution in [3.05, 3.63) is 28.8 Å². The van der Waals surface area contributed by atoms with E-state index in [2.05, 4.69) is 48.0 Å². The van der Waals surface area contributed by atoms with Gasteiger partial charge in [0.1, 0.15) is 0 Å². The van der Waals surface area contributed by atoms with Crippen molar-refractivity contribution in [2.24, 2.45) is 5.92 Å². The quantitative estimate of drug-likeness (QED) is 0.883. The molecule has 4 heteroatoms. The maximum absolute atomic E-state index is 6.43. The number of rotatable bonds is 5. The third kappa shape index (κ3) is 4.57. The summed E-state index contributed by atoms with van der Waals surface area (Å²) in [7, 11) is 0. The summed E-state index contributed by atoms with van der Waals surface area (Å²) in [5.74, 6) is 3.15. The van der Waals surface area contributed by atoms with Gasteiger partial charge in [-0.1, -0.05) is 31.5 Å². The third-order valence-corrected chi connectivity index (χ3v) is 4.91. The van der Waals surface area contributed by atoms with Crippen molar-refractivity contribution in [3.8, 4) is 0 Å². The number of hydrogen-bond acceptors (Lipinski definition) is 3. The zero-order valence-corrected chi connectivity index (χ0v) is 14.1. The minimum atomic E-state index is 0.663. The van der Waals surface area contributed by atoms with Crippen molar-refractivity contribution in [2.45, 2.75) is 26.8 Å². The molecule has 2 rings (SSSR count). The van der Waals surface area contributed by atoms with Gasteiger partial charge in [-0.15, -0.1) is 0 Å². The van der Waals surface area contributed by atoms with Gasteiger partial charge in [-0.2, -0.15) is 11.8 Å². The van der Waals surface area contributed by atoms with Crippen LogP contribution in [0.5, 0.6) is 0 Å². The van der Waals surface area contributed by atoms with Crippen molar-refractivity contribution < 1.29 is 0 Å². The largest absolute Gasteiger partial charge is 0.370 e. The topological polar surface area (TPSA) is 15.3 Å². The standard InChI is InChI=1S/C16H25ClN2S/c1-13(2)11-18-12-14-15(17)5-3-6-16(14)19-7-4-9-20-10-8-19/h3,5-6,13,18H,4,7-12H2,1-2H3. The van der Waals surface area contributed by atoms with Crippen molar-refractivity contribution in [3.63, 3.8) is 0 Å². The second-order valence-electron chi connectivity index (χ2n) is 5.72. The first-order valence-electron chi connectivity index (χ1n) is 7.49. The van der Waals surface area contributed by atoms with E-state index >= 15 is 0 Å². The van der Waals surface area contributed by atoms with Crippen LogP contribution in [0.25, 0.3) is 0 Å². The lowest BCUT2D eigenvalue weighted by Gasteiger charge is -2.26. The summed E-state index contributed by atoms with van der Waals surface area (Å²) in [6.45, 7) is 8.61. The molecule has 1 N–H and O–H groups in total. The highest BCUT2D eigenvalue weighted by molar-refractivity contribution is 7.99. The molecule has 1 aromatic rings. The molecule has 0 aromatic heterocycles. The fourth-order valence-corrected chi connectivity index (χ4v) is 3.61. The van der Waals surface area contributed by atoms with Crippen LogP contribution in [0.1, 0.15) is 25.8 Å². The number of nitrogens with zero attached hydrogens (tertiary/aromatic N) is 1. The fourth-order valence-electron chi connectivity index (χ4n) is 2.49. The van der Waals surface area contributed by atoms with Crippen LogP contribution >= 0.6 is 23.4 Å². The van der Waals surface area contributed by atoms with Crippen LogP contribution in [0.2, 0.25) is 5.02 Å². The Morgan fingerprint density at radius 1 is 1.30 bits per heavy atom. The molecule has 1 aliphatic heterocycles. The SMILES string of the molecule is CC(C)CNCc1c(Cl)cccc1N1CCCSCC1. The highest BCUT2D eigenvalue weighted by Gasteiger charge is 2.15. The minimum Gasteiger partial charge on any atom is -0.370 e. The van der Waals surface area contributed by atoms with Crippen LogP contribution in [-0.2, 0) is 6.54 Å². The van der Waals surface area contributed by atoms with Crippen LogP contribution in [0.3, 0.4) is 0 Å². The molecular formula is C16H25ClN2S. The lowest BCUT2D eigenvalue weighted by Crippen LogP contribution is -2.28. The van der Waals surface area contributed by atoms with Gasteiger partial charge in [0.05, 0.1) is 0 Å². The number of halogens is 1. The fraction of sp³-hybridized carbons (Fsp3) is 0.625. The van der Waals surface area contributed by atoms with Gasteiger partial charge in [-0.3, -0.25) is 0 Å². The van der Waals surface area contributed by atoms with E-state index < -0.39 is 0 Å². The molecule has 112 valence electrons. The summed E-state index contributed by atoms with van der Waals surface area (Å²) in [6.07, 6.45) is 1.26. The number of anilines is 1. The van der Waals surface area contributed by atoms with Gasteiger partial charge in [0, 0.05) is 41.7 Å². The number of nitrogens with one attached hydrogen (secondary N) is 1. The van der Waals surface area contributed by atoms with E-state index in [4.69, 9.17) is 11.6 Å². The molecule has 0 unspecified atom stereocenters. The first-order valence-corrected chi connectivity index (χ1v) is 9.02. The molecule has 0 saturated carbocycles. The molecule has 0 bridgehead atoms. The summed E-state index contributed by atoms with van der Waals surface area (Å²) in [6, 6.07) is 6.29. The molecule has 20 heavy (non-hydrogen) atoms. The van der Waals surface area contributed by atoms with Gasteiger partial charge >= 0.3 is 0 Å². The molecule has 1 fully saturated rings. The Bertz CT molecular complexity index is 415. The second kappa shape index (κ2) is 8.16. The average molecular weight is 313 g/mol. The van der Waals surface area contributed by atoms with E-state index in [9.17, 15) is 0 Å².